The van der Waals surface area contributed by atoms with Crippen molar-refractivity contribution in [2.45, 2.75) is 20.3 Å². The van der Waals surface area contributed by atoms with Crippen LogP contribution in [0.25, 0.3) is 0 Å². The van der Waals surface area contributed by atoms with E-state index >= 15 is 0 Å². The lowest BCUT2D eigenvalue weighted by Crippen LogP contribution is -2.08. The summed E-state index contributed by atoms with van der Waals surface area (Å²) in [7, 11) is 0. The van der Waals surface area contributed by atoms with Gasteiger partial charge in [-0.3, -0.25) is 4.79 Å². The number of Topliss-reactive ketones (excluding diaryl/α,β-unsaturated/α-hetero) is 1. The number of rotatable bonds is 3. The van der Waals surface area contributed by atoms with Gasteiger partial charge in [-0.15, -0.1) is 0 Å². The first-order valence-electron chi connectivity index (χ1n) is 3.83. The molecule has 0 amide bonds. The zero-order valence-electron chi connectivity index (χ0n) is 6.83. The van der Waals surface area contributed by atoms with E-state index in [0.29, 0.717) is 5.76 Å². The van der Waals surface area contributed by atoms with Crippen LogP contribution in [-0.2, 0) is 0 Å². The molecule has 0 saturated heterocycles. The van der Waals surface area contributed by atoms with Crippen molar-refractivity contribution in [3.8, 4) is 0 Å². The van der Waals surface area contributed by atoms with Crippen LogP contribution < -0.4 is 0 Å². The van der Waals surface area contributed by atoms with E-state index in [-0.39, 0.29) is 11.7 Å². The van der Waals surface area contributed by atoms with Gasteiger partial charge in [0.05, 0.1) is 6.26 Å². The molecule has 1 rings (SSSR count). The number of hydrogen-bond acceptors (Lipinski definition) is 2. The Balaban J connectivity index is 2.70. The molecule has 0 aliphatic heterocycles. The number of hydrogen-bond donors (Lipinski definition) is 0. The second-order valence-electron chi connectivity index (χ2n) is 2.65. The van der Waals surface area contributed by atoms with Crippen LogP contribution in [-0.4, -0.2) is 5.78 Å². The van der Waals surface area contributed by atoms with Crippen LogP contribution in [0.15, 0.2) is 22.8 Å². The first-order valence-corrected chi connectivity index (χ1v) is 3.83. The Labute approximate surface area is 66.2 Å². The molecule has 0 N–H and O–H groups in total. The lowest BCUT2D eigenvalue weighted by molar-refractivity contribution is 0.0899. The predicted molar refractivity (Wildman–Crippen MR) is 42.5 cm³/mol. The fourth-order valence-electron chi connectivity index (χ4n) is 0.847. The highest BCUT2D eigenvalue weighted by Gasteiger charge is 2.14. The SMILES string of the molecule is CC[C@H](C)C(=O)c1ccco1. The van der Waals surface area contributed by atoms with Gasteiger partial charge in [0.2, 0.25) is 5.78 Å². The third-order valence-corrected chi connectivity index (χ3v) is 1.82. The van der Waals surface area contributed by atoms with Crippen molar-refractivity contribution in [1.82, 2.24) is 0 Å². The Kier molecular flexibility index (Phi) is 2.47. The summed E-state index contributed by atoms with van der Waals surface area (Å²) in [6, 6.07) is 3.43. The lowest BCUT2D eigenvalue weighted by atomic mass is 10.0. The maximum atomic E-state index is 11.3. The Morgan fingerprint density at radius 1 is 1.73 bits per heavy atom. The molecular formula is C9H12O2. The molecule has 60 valence electrons. The third kappa shape index (κ3) is 1.70. The summed E-state index contributed by atoms with van der Waals surface area (Å²) in [6.45, 7) is 3.90. The highest BCUT2D eigenvalue weighted by atomic mass is 16.3. The minimum absolute atomic E-state index is 0.0705. The van der Waals surface area contributed by atoms with Gasteiger partial charge in [0.15, 0.2) is 5.76 Å². The third-order valence-electron chi connectivity index (χ3n) is 1.82. The molecule has 0 radical (unpaired) electrons. The molecule has 0 fully saturated rings. The molecule has 0 aromatic carbocycles. The Bertz CT molecular complexity index is 224. The maximum absolute atomic E-state index is 11.3. The van der Waals surface area contributed by atoms with Crippen molar-refractivity contribution in [2.75, 3.05) is 0 Å². The van der Waals surface area contributed by atoms with Gasteiger partial charge in [0.1, 0.15) is 0 Å². The minimum Gasteiger partial charge on any atom is -0.461 e. The molecule has 2 heteroatoms. The largest absolute Gasteiger partial charge is 0.461 e. The smallest absolute Gasteiger partial charge is 0.200 e. The van der Waals surface area contributed by atoms with Crippen LogP contribution in [0.2, 0.25) is 0 Å². The van der Waals surface area contributed by atoms with Gasteiger partial charge in [0, 0.05) is 5.92 Å². The molecule has 2 nitrogen and oxygen atoms in total. The summed E-state index contributed by atoms with van der Waals surface area (Å²) in [6.07, 6.45) is 2.38. The van der Waals surface area contributed by atoms with Crippen LogP contribution in [0.4, 0.5) is 0 Å². The van der Waals surface area contributed by atoms with Crippen LogP contribution >= 0.6 is 0 Å². The van der Waals surface area contributed by atoms with Gasteiger partial charge < -0.3 is 4.42 Å². The molecule has 1 aromatic rings. The van der Waals surface area contributed by atoms with E-state index in [1.165, 1.54) is 6.26 Å². The van der Waals surface area contributed by atoms with Crippen molar-refractivity contribution in [1.29, 1.82) is 0 Å². The zero-order valence-corrected chi connectivity index (χ0v) is 6.83. The van der Waals surface area contributed by atoms with Crippen molar-refractivity contribution in [3.63, 3.8) is 0 Å². The molecule has 11 heavy (non-hydrogen) atoms. The van der Waals surface area contributed by atoms with E-state index in [1.54, 1.807) is 12.1 Å². The monoisotopic (exact) mass is 152 g/mol. The summed E-state index contributed by atoms with van der Waals surface area (Å²) in [4.78, 5) is 11.3. The van der Waals surface area contributed by atoms with Crippen molar-refractivity contribution >= 4 is 5.78 Å². The van der Waals surface area contributed by atoms with Crippen molar-refractivity contribution in [3.05, 3.63) is 24.2 Å². The zero-order chi connectivity index (χ0) is 8.27. The quantitative estimate of drug-likeness (QED) is 0.623. The van der Waals surface area contributed by atoms with E-state index < -0.39 is 0 Å². The van der Waals surface area contributed by atoms with Gasteiger partial charge in [0.25, 0.3) is 0 Å². The Morgan fingerprint density at radius 3 is 2.91 bits per heavy atom. The van der Waals surface area contributed by atoms with Crippen molar-refractivity contribution in [2.24, 2.45) is 5.92 Å². The van der Waals surface area contributed by atoms with Crippen LogP contribution in [0, 0.1) is 5.92 Å². The summed E-state index contributed by atoms with van der Waals surface area (Å²) in [5.74, 6) is 0.637. The summed E-state index contributed by atoms with van der Waals surface area (Å²) in [5, 5.41) is 0. The second kappa shape index (κ2) is 3.37. The van der Waals surface area contributed by atoms with E-state index in [1.807, 2.05) is 13.8 Å². The average molecular weight is 152 g/mol. The molecule has 1 heterocycles. The minimum atomic E-state index is 0.0705. The number of carbonyl (C=O) groups is 1. The van der Waals surface area contributed by atoms with Gasteiger partial charge in [-0.05, 0) is 18.6 Å². The van der Waals surface area contributed by atoms with E-state index in [2.05, 4.69) is 0 Å². The van der Waals surface area contributed by atoms with E-state index in [9.17, 15) is 4.79 Å². The molecule has 0 aliphatic rings. The number of furan rings is 1. The summed E-state index contributed by atoms with van der Waals surface area (Å²) < 4.78 is 4.97. The number of carbonyl (C=O) groups excluding carboxylic acids is 1. The van der Waals surface area contributed by atoms with Crippen LogP contribution in [0.5, 0.6) is 0 Å². The second-order valence-corrected chi connectivity index (χ2v) is 2.65. The highest BCUT2D eigenvalue weighted by molar-refractivity contribution is 5.94. The van der Waals surface area contributed by atoms with E-state index in [4.69, 9.17) is 4.42 Å². The molecule has 0 unspecified atom stereocenters. The van der Waals surface area contributed by atoms with E-state index in [0.717, 1.165) is 6.42 Å². The molecule has 0 aliphatic carbocycles. The molecule has 1 atom stereocenters. The summed E-state index contributed by atoms with van der Waals surface area (Å²) in [5.41, 5.74) is 0. The topological polar surface area (TPSA) is 30.2 Å². The fourth-order valence-corrected chi connectivity index (χ4v) is 0.847. The lowest BCUT2D eigenvalue weighted by Gasteiger charge is -2.02. The fraction of sp³-hybridized carbons (Fsp3) is 0.444. The van der Waals surface area contributed by atoms with Crippen LogP contribution in [0.1, 0.15) is 30.8 Å². The molecule has 0 saturated carbocycles. The Morgan fingerprint density at radius 2 is 2.45 bits per heavy atom. The maximum Gasteiger partial charge on any atom is 0.200 e. The summed E-state index contributed by atoms with van der Waals surface area (Å²) >= 11 is 0. The highest BCUT2D eigenvalue weighted by Crippen LogP contribution is 2.11. The van der Waals surface area contributed by atoms with Crippen LogP contribution in [0.3, 0.4) is 0 Å². The van der Waals surface area contributed by atoms with Gasteiger partial charge in [-0.2, -0.15) is 0 Å². The molecule has 0 bridgehead atoms. The first kappa shape index (κ1) is 8.05. The standard InChI is InChI=1S/C9H12O2/c1-3-7(2)9(10)8-5-4-6-11-8/h4-7H,3H2,1-2H3/t7-/m0/s1. The molecule has 0 spiro atoms. The first-order chi connectivity index (χ1) is 5.25. The van der Waals surface area contributed by atoms with Gasteiger partial charge in [-0.1, -0.05) is 13.8 Å². The van der Waals surface area contributed by atoms with Crippen molar-refractivity contribution < 1.29 is 9.21 Å². The Hall–Kier alpha value is -1.05. The number of ketones is 1. The van der Waals surface area contributed by atoms with Gasteiger partial charge in [-0.25, -0.2) is 0 Å². The normalized spacial score (nSPS) is 12.9. The predicted octanol–water partition coefficient (Wildman–Crippen LogP) is 2.51. The average Bonchev–Trinajstić information content (AvgIpc) is 2.53. The molecular weight excluding hydrogens is 140 g/mol. The molecule has 1 aromatic heterocycles. The van der Waals surface area contributed by atoms with Gasteiger partial charge >= 0.3 is 0 Å².